The van der Waals surface area contributed by atoms with E-state index < -0.39 is 11.8 Å². The largest absolute Gasteiger partial charge is 0.394 e. The monoisotopic (exact) mass is 242 g/mol. The number of ether oxygens (including phenoxy) is 1. The zero-order valence-electron chi connectivity index (χ0n) is 9.01. The van der Waals surface area contributed by atoms with Gasteiger partial charge in [0.25, 0.3) is 5.91 Å². The molecule has 7 N–H and O–H groups in total. The molecule has 0 aliphatic carbocycles. The molecule has 0 saturated carbocycles. The van der Waals surface area contributed by atoms with Crippen molar-refractivity contribution < 1.29 is 14.6 Å². The lowest BCUT2D eigenvalue weighted by Gasteiger charge is -2.31. The zero-order valence-corrected chi connectivity index (χ0v) is 9.01. The Labute approximate surface area is 96.7 Å². The number of aliphatic hydroxyl groups excluding tert-OH is 1. The minimum Gasteiger partial charge on any atom is -0.394 e. The van der Waals surface area contributed by atoms with Crippen molar-refractivity contribution in [3.05, 3.63) is 12.0 Å². The van der Waals surface area contributed by atoms with Crippen LogP contribution >= 0.6 is 0 Å². The summed E-state index contributed by atoms with van der Waals surface area (Å²) in [6.45, 7) is 0.247. The van der Waals surface area contributed by atoms with Crippen LogP contribution < -0.4 is 22.1 Å². The molecule has 1 aliphatic heterocycles. The summed E-state index contributed by atoms with van der Waals surface area (Å²) in [6, 6.07) is 0. The van der Waals surface area contributed by atoms with Crippen LogP contribution in [-0.2, 0) is 11.5 Å². The van der Waals surface area contributed by atoms with E-state index in [0.717, 1.165) is 0 Å². The number of hydrogen-bond acceptors (Lipinski definition) is 7. The van der Waals surface area contributed by atoms with E-state index in [-0.39, 0.29) is 25.6 Å². The van der Waals surface area contributed by atoms with Gasteiger partial charge in [-0.05, 0) is 0 Å². The van der Waals surface area contributed by atoms with E-state index >= 15 is 0 Å². The van der Waals surface area contributed by atoms with Crippen LogP contribution in [0.1, 0.15) is 10.5 Å². The SMILES string of the molecule is NC1(N)NC(=O)c2ncn(COCCO)c2N1. The lowest BCUT2D eigenvalue weighted by molar-refractivity contribution is 0.0487. The zero-order chi connectivity index (χ0) is 12.5. The van der Waals surface area contributed by atoms with Crippen molar-refractivity contribution in [1.82, 2.24) is 14.9 Å². The topological polar surface area (TPSA) is 140 Å². The smallest absolute Gasteiger partial charge is 0.277 e. The average Bonchev–Trinajstić information content (AvgIpc) is 2.60. The van der Waals surface area contributed by atoms with Gasteiger partial charge in [-0.3, -0.25) is 20.8 Å². The Morgan fingerprint density at radius 3 is 3.00 bits per heavy atom. The van der Waals surface area contributed by atoms with Crippen molar-refractivity contribution in [3.8, 4) is 0 Å². The molecule has 0 saturated heterocycles. The number of aromatic nitrogens is 2. The van der Waals surface area contributed by atoms with Crippen LogP contribution in [0.25, 0.3) is 0 Å². The average molecular weight is 242 g/mol. The molecule has 94 valence electrons. The predicted molar refractivity (Wildman–Crippen MR) is 57.5 cm³/mol. The molecule has 17 heavy (non-hydrogen) atoms. The summed E-state index contributed by atoms with van der Waals surface area (Å²) < 4.78 is 6.66. The van der Waals surface area contributed by atoms with E-state index in [2.05, 4.69) is 15.6 Å². The maximum Gasteiger partial charge on any atom is 0.277 e. The lowest BCUT2D eigenvalue weighted by atomic mass is 10.3. The molecule has 0 fully saturated rings. The van der Waals surface area contributed by atoms with E-state index in [1.54, 1.807) is 0 Å². The van der Waals surface area contributed by atoms with Crippen LogP contribution in [0.2, 0.25) is 0 Å². The molecule has 0 radical (unpaired) electrons. The van der Waals surface area contributed by atoms with E-state index in [0.29, 0.717) is 5.82 Å². The summed E-state index contributed by atoms with van der Waals surface area (Å²) in [6.07, 6.45) is 1.43. The van der Waals surface area contributed by atoms with Gasteiger partial charge in [0.05, 0.1) is 19.5 Å². The molecule has 0 atom stereocenters. The number of imidazole rings is 1. The Hall–Kier alpha value is -1.68. The minimum atomic E-state index is -1.52. The van der Waals surface area contributed by atoms with Crippen molar-refractivity contribution in [2.75, 3.05) is 18.5 Å². The maximum absolute atomic E-state index is 11.6. The van der Waals surface area contributed by atoms with E-state index in [1.165, 1.54) is 10.9 Å². The molecule has 9 nitrogen and oxygen atoms in total. The van der Waals surface area contributed by atoms with Crippen molar-refractivity contribution in [2.45, 2.75) is 12.6 Å². The predicted octanol–water partition coefficient (Wildman–Crippen LogP) is -2.47. The van der Waals surface area contributed by atoms with Gasteiger partial charge < -0.3 is 20.5 Å². The quantitative estimate of drug-likeness (QED) is 0.291. The van der Waals surface area contributed by atoms with Gasteiger partial charge in [0.1, 0.15) is 12.5 Å². The highest BCUT2D eigenvalue weighted by Gasteiger charge is 2.33. The first-order valence-corrected chi connectivity index (χ1v) is 4.95. The van der Waals surface area contributed by atoms with Gasteiger partial charge in [0, 0.05) is 0 Å². The summed E-state index contributed by atoms with van der Waals surface area (Å²) in [4.78, 5) is 15.5. The Bertz CT molecular complexity index is 429. The van der Waals surface area contributed by atoms with Crippen LogP contribution in [-0.4, -0.2) is 39.7 Å². The van der Waals surface area contributed by atoms with Gasteiger partial charge in [0.2, 0.25) is 5.91 Å². The molecule has 0 unspecified atom stereocenters. The number of amides is 1. The molecule has 1 aliphatic rings. The summed E-state index contributed by atoms with van der Waals surface area (Å²) in [7, 11) is 0. The van der Waals surface area contributed by atoms with Gasteiger partial charge in [0.15, 0.2) is 5.69 Å². The molecule has 9 heteroatoms. The van der Waals surface area contributed by atoms with Crippen molar-refractivity contribution in [1.29, 1.82) is 0 Å². The highest BCUT2D eigenvalue weighted by atomic mass is 16.5. The lowest BCUT2D eigenvalue weighted by Crippen LogP contribution is -2.70. The molecule has 2 rings (SSSR count). The van der Waals surface area contributed by atoms with Gasteiger partial charge >= 0.3 is 0 Å². The standard InChI is InChI=1S/C8H14N6O3/c9-8(10)12-6-5(7(16)13-8)11-3-14(6)4-17-2-1-15/h3,12,15H,1-2,4,9-10H2,(H,13,16). The molecular weight excluding hydrogens is 228 g/mol. The Morgan fingerprint density at radius 2 is 2.29 bits per heavy atom. The first-order chi connectivity index (χ1) is 8.03. The van der Waals surface area contributed by atoms with E-state index in [4.69, 9.17) is 21.3 Å². The fraction of sp³-hybridized carbons (Fsp3) is 0.500. The molecule has 0 spiro atoms. The Kier molecular flexibility index (Phi) is 2.98. The second kappa shape index (κ2) is 4.30. The third-order valence-electron chi connectivity index (χ3n) is 2.16. The molecular formula is C8H14N6O3. The number of aliphatic hydroxyl groups is 1. The highest BCUT2D eigenvalue weighted by molar-refractivity contribution is 5.99. The maximum atomic E-state index is 11.6. The number of fused-ring (bicyclic) bond motifs is 1. The van der Waals surface area contributed by atoms with Crippen LogP contribution in [0.3, 0.4) is 0 Å². The van der Waals surface area contributed by atoms with E-state index in [1.807, 2.05) is 0 Å². The first kappa shape index (κ1) is 11.8. The number of rotatable bonds is 4. The Balaban J connectivity index is 2.19. The number of nitrogens with one attached hydrogen (secondary N) is 2. The fourth-order valence-corrected chi connectivity index (χ4v) is 1.48. The molecule has 1 aromatic heterocycles. The normalized spacial score (nSPS) is 17.2. The summed E-state index contributed by atoms with van der Waals surface area (Å²) in [5.41, 5.74) is 11.4. The number of nitrogens with two attached hydrogens (primary N) is 2. The number of hydrogen-bond donors (Lipinski definition) is 5. The summed E-state index contributed by atoms with van der Waals surface area (Å²) >= 11 is 0. The number of carbonyl (C=O) groups excluding carboxylic acids is 1. The van der Waals surface area contributed by atoms with Gasteiger partial charge in [-0.15, -0.1) is 0 Å². The second-order valence-electron chi connectivity index (χ2n) is 3.62. The number of anilines is 1. The summed E-state index contributed by atoms with van der Waals surface area (Å²) in [5.74, 6) is -1.58. The molecule has 2 heterocycles. The third kappa shape index (κ3) is 2.36. The van der Waals surface area contributed by atoms with Crippen LogP contribution in [0.15, 0.2) is 6.33 Å². The molecule has 1 amide bonds. The van der Waals surface area contributed by atoms with Gasteiger partial charge in [-0.2, -0.15) is 0 Å². The minimum absolute atomic E-state index is 0.0808. The third-order valence-corrected chi connectivity index (χ3v) is 2.16. The van der Waals surface area contributed by atoms with E-state index in [9.17, 15) is 4.79 Å². The highest BCUT2D eigenvalue weighted by Crippen LogP contribution is 2.19. The Morgan fingerprint density at radius 1 is 1.53 bits per heavy atom. The first-order valence-electron chi connectivity index (χ1n) is 4.95. The molecule has 0 bridgehead atoms. The van der Waals surface area contributed by atoms with Crippen LogP contribution in [0, 0.1) is 0 Å². The van der Waals surface area contributed by atoms with Crippen LogP contribution in [0.4, 0.5) is 5.82 Å². The fourth-order valence-electron chi connectivity index (χ4n) is 1.48. The van der Waals surface area contributed by atoms with Crippen molar-refractivity contribution >= 4 is 11.7 Å². The summed E-state index contributed by atoms with van der Waals surface area (Å²) in [5, 5.41) is 13.7. The van der Waals surface area contributed by atoms with Gasteiger partial charge in [-0.1, -0.05) is 0 Å². The number of nitrogens with zero attached hydrogens (tertiary/aromatic N) is 2. The number of carbonyl (C=O) groups is 1. The van der Waals surface area contributed by atoms with Gasteiger partial charge in [-0.25, -0.2) is 4.98 Å². The van der Waals surface area contributed by atoms with Crippen molar-refractivity contribution in [2.24, 2.45) is 11.5 Å². The second-order valence-corrected chi connectivity index (χ2v) is 3.62. The van der Waals surface area contributed by atoms with Crippen molar-refractivity contribution in [3.63, 3.8) is 0 Å². The van der Waals surface area contributed by atoms with Crippen LogP contribution in [0.5, 0.6) is 0 Å². The molecule has 1 aromatic rings. The molecule has 0 aromatic carbocycles.